The molecule has 25 heavy (non-hydrogen) atoms. The van der Waals surface area contributed by atoms with E-state index in [4.69, 9.17) is 0 Å². The summed E-state index contributed by atoms with van der Waals surface area (Å²) in [6, 6.07) is 10.3. The summed E-state index contributed by atoms with van der Waals surface area (Å²) >= 11 is 0. The third-order valence-electron chi connectivity index (χ3n) is 5.48. The van der Waals surface area contributed by atoms with E-state index in [1.165, 1.54) is 44.8 Å². The third kappa shape index (κ3) is 3.17. The van der Waals surface area contributed by atoms with Gasteiger partial charge >= 0.3 is 0 Å². The van der Waals surface area contributed by atoms with Crippen LogP contribution in [0.5, 0.6) is 0 Å². The van der Waals surface area contributed by atoms with Crippen LogP contribution in [0, 0.1) is 41.5 Å². The molecule has 2 nitrogen and oxygen atoms in total. The topological polar surface area (TPSA) is 6.48 Å². The van der Waals surface area contributed by atoms with Crippen molar-refractivity contribution in [1.29, 1.82) is 0 Å². The van der Waals surface area contributed by atoms with Gasteiger partial charge in [-0.15, -0.1) is 0 Å². The summed E-state index contributed by atoms with van der Waals surface area (Å²) in [5, 5.41) is 0. The van der Waals surface area contributed by atoms with Crippen molar-refractivity contribution in [1.82, 2.24) is 0 Å². The highest BCUT2D eigenvalue weighted by atomic mass is 31.1. The Balaban J connectivity index is 2.03. The van der Waals surface area contributed by atoms with Crippen molar-refractivity contribution in [3.8, 4) is 0 Å². The molecular weight excluding hydrogens is 323 g/mol. The summed E-state index contributed by atoms with van der Waals surface area (Å²) in [6.07, 6.45) is 0. The number of aryl methyl sites for hydroxylation is 6. The summed E-state index contributed by atoms with van der Waals surface area (Å²) in [5.74, 6) is 0. The summed E-state index contributed by atoms with van der Waals surface area (Å²) in [7, 11) is 0.652. The molecule has 0 saturated carbocycles. The second-order valence-electron chi connectivity index (χ2n) is 7.82. The first kappa shape index (κ1) is 18.3. The Morgan fingerprint density at radius 2 is 0.880 bits per heavy atom. The number of hydrogen-bond donors (Lipinski definition) is 0. The SMILES string of the molecule is Cc1cc(C)c(N2PN(c3c(C)cc(C)cc3C)[C@H](C)C2C)c(C)c1. The van der Waals surface area contributed by atoms with Crippen LogP contribution in [0.15, 0.2) is 24.3 Å². The highest BCUT2D eigenvalue weighted by molar-refractivity contribution is 7.42. The summed E-state index contributed by atoms with van der Waals surface area (Å²) < 4.78 is 5.24. The molecule has 134 valence electrons. The van der Waals surface area contributed by atoms with Gasteiger partial charge in [-0.3, -0.25) is 0 Å². The molecule has 0 amide bonds. The van der Waals surface area contributed by atoms with Crippen molar-refractivity contribution in [3.63, 3.8) is 0 Å². The molecule has 2 unspecified atom stereocenters. The predicted octanol–water partition coefficient (Wildman–Crippen LogP) is 6.15. The van der Waals surface area contributed by atoms with E-state index in [1.807, 2.05) is 0 Å². The van der Waals surface area contributed by atoms with Gasteiger partial charge < -0.3 is 9.34 Å². The molecule has 1 saturated heterocycles. The Bertz CT molecular complexity index is 698. The van der Waals surface area contributed by atoms with E-state index in [-0.39, 0.29) is 0 Å². The average molecular weight is 354 g/mol. The van der Waals surface area contributed by atoms with E-state index in [2.05, 4.69) is 89.0 Å². The van der Waals surface area contributed by atoms with Crippen molar-refractivity contribution in [3.05, 3.63) is 57.6 Å². The highest BCUT2D eigenvalue weighted by Gasteiger charge is 2.37. The molecule has 1 aliphatic rings. The summed E-state index contributed by atoms with van der Waals surface area (Å²) in [5.41, 5.74) is 11.1. The molecule has 1 heterocycles. The quantitative estimate of drug-likeness (QED) is 0.597. The first-order valence-electron chi connectivity index (χ1n) is 9.21. The normalized spacial score (nSPS) is 21.4. The van der Waals surface area contributed by atoms with E-state index in [0.717, 1.165) is 0 Å². The van der Waals surface area contributed by atoms with Crippen LogP contribution in [-0.4, -0.2) is 12.1 Å². The minimum absolute atomic E-state index is 0.499. The maximum atomic E-state index is 2.62. The molecule has 0 aromatic heterocycles. The van der Waals surface area contributed by atoms with E-state index in [1.54, 1.807) is 0 Å². The molecule has 3 atom stereocenters. The van der Waals surface area contributed by atoms with Crippen LogP contribution < -0.4 is 9.34 Å². The molecular formula is C22H31N2P. The number of nitrogens with zero attached hydrogens (tertiary/aromatic N) is 2. The van der Waals surface area contributed by atoms with Crippen LogP contribution in [0.4, 0.5) is 11.4 Å². The minimum atomic E-state index is 0.499. The Morgan fingerprint density at radius 3 is 1.16 bits per heavy atom. The molecule has 1 aliphatic heterocycles. The van der Waals surface area contributed by atoms with Crippen LogP contribution in [0.2, 0.25) is 0 Å². The van der Waals surface area contributed by atoms with Gasteiger partial charge in [0.15, 0.2) is 0 Å². The largest absolute Gasteiger partial charge is 0.331 e. The number of anilines is 2. The zero-order valence-electron chi connectivity index (χ0n) is 16.9. The molecule has 0 spiro atoms. The average Bonchev–Trinajstić information content (AvgIpc) is 2.74. The Morgan fingerprint density at radius 1 is 0.600 bits per heavy atom. The van der Waals surface area contributed by atoms with E-state index in [9.17, 15) is 0 Å². The zero-order valence-corrected chi connectivity index (χ0v) is 17.9. The maximum Gasteiger partial charge on any atom is 0.0805 e. The second kappa shape index (κ2) is 6.65. The van der Waals surface area contributed by atoms with Crippen LogP contribution in [0.1, 0.15) is 47.2 Å². The van der Waals surface area contributed by atoms with E-state index < -0.39 is 0 Å². The maximum absolute atomic E-state index is 2.62. The van der Waals surface area contributed by atoms with E-state index in [0.29, 0.717) is 21.0 Å². The Hall–Kier alpha value is -1.53. The molecule has 1 fully saturated rings. The zero-order chi connectivity index (χ0) is 18.5. The molecule has 0 N–H and O–H groups in total. The van der Waals surface area contributed by atoms with Gasteiger partial charge in [-0.2, -0.15) is 0 Å². The van der Waals surface area contributed by atoms with Crippen LogP contribution in [-0.2, 0) is 0 Å². The second-order valence-corrected chi connectivity index (χ2v) is 8.98. The fraction of sp³-hybridized carbons (Fsp3) is 0.455. The lowest BCUT2D eigenvalue weighted by atomic mass is 10.0. The minimum Gasteiger partial charge on any atom is -0.331 e. The van der Waals surface area contributed by atoms with Gasteiger partial charge in [0.2, 0.25) is 0 Å². The highest BCUT2D eigenvalue weighted by Crippen LogP contribution is 2.49. The van der Waals surface area contributed by atoms with Gasteiger partial charge in [-0.05, 0) is 77.6 Å². The van der Waals surface area contributed by atoms with Gasteiger partial charge in [0.1, 0.15) is 0 Å². The standard InChI is InChI=1S/C22H31N2P/c1-13-9-15(3)21(16(4)10-13)23-19(7)20(8)24(25-23)22-17(5)11-14(2)12-18(22)6/h9-12,19-20,25H,1-8H3/t19-,20?/m1/s1. The fourth-order valence-electron chi connectivity index (χ4n) is 4.34. The van der Waals surface area contributed by atoms with Crippen molar-refractivity contribution in [2.24, 2.45) is 0 Å². The molecule has 3 rings (SSSR count). The van der Waals surface area contributed by atoms with Crippen molar-refractivity contribution >= 4 is 20.3 Å². The van der Waals surface area contributed by atoms with Crippen LogP contribution in [0.25, 0.3) is 0 Å². The van der Waals surface area contributed by atoms with E-state index >= 15 is 0 Å². The van der Waals surface area contributed by atoms with Gasteiger partial charge in [0.25, 0.3) is 0 Å². The molecule has 0 bridgehead atoms. The Kier molecular flexibility index (Phi) is 4.86. The predicted molar refractivity (Wildman–Crippen MR) is 114 cm³/mol. The lowest BCUT2D eigenvalue weighted by Crippen LogP contribution is -2.33. The molecule has 0 aliphatic carbocycles. The molecule has 3 heteroatoms. The van der Waals surface area contributed by atoms with Gasteiger partial charge in [0, 0.05) is 11.4 Å². The molecule has 2 aromatic carbocycles. The summed E-state index contributed by atoms with van der Waals surface area (Å²) in [6.45, 7) is 18.1. The number of rotatable bonds is 2. The van der Waals surface area contributed by atoms with Crippen molar-refractivity contribution < 1.29 is 0 Å². The van der Waals surface area contributed by atoms with Crippen molar-refractivity contribution in [2.45, 2.75) is 67.5 Å². The van der Waals surface area contributed by atoms with Gasteiger partial charge in [0.05, 0.1) is 21.0 Å². The first-order chi connectivity index (χ1) is 11.7. The Labute approximate surface area is 155 Å². The number of hydrogen-bond acceptors (Lipinski definition) is 2. The lowest BCUT2D eigenvalue weighted by Gasteiger charge is -2.27. The lowest BCUT2D eigenvalue weighted by molar-refractivity contribution is 0.643. The first-order valence-corrected chi connectivity index (χ1v) is 10.1. The summed E-state index contributed by atoms with van der Waals surface area (Å²) in [4.78, 5) is 0. The van der Waals surface area contributed by atoms with Gasteiger partial charge in [-0.25, -0.2) is 0 Å². The third-order valence-corrected chi connectivity index (χ3v) is 7.17. The number of benzene rings is 2. The van der Waals surface area contributed by atoms with Gasteiger partial charge in [-0.1, -0.05) is 35.4 Å². The molecule has 0 radical (unpaired) electrons. The fourth-order valence-corrected chi connectivity index (χ4v) is 6.28. The van der Waals surface area contributed by atoms with Crippen LogP contribution >= 0.6 is 8.88 Å². The smallest absolute Gasteiger partial charge is 0.0805 e. The molecule has 2 aromatic rings. The van der Waals surface area contributed by atoms with Crippen molar-refractivity contribution in [2.75, 3.05) is 9.34 Å². The van der Waals surface area contributed by atoms with Crippen LogP contribution in [0.3, 0.4) is 0 Å². The monoisotopic (exact) mass is 354 g/mol.